The fourth-order valence-electron chi connectivity index (χ4n) is 0.867. The van der Waals surface area contributed by atoms with Crippen LogP contribution in [0.15, 0.2) is 24.3 Å². The Morgan fingerprint density at radius 3 is 2.79 bits per heavy atom. The maximum Gasteiger partial charge on any atom is 2.00 e. The Labute approximate surface area is 111 Å². The van der Waals surface area contributed by atoms with E-state index in [1.165, 1.54) is 0 Å². The molecule has 0 aliphatic carbocycles. The predicted octanol–water partition coefficient (Wildman–Crippen LogP) is -1.01. The van der Waals surface area contributed by atoms with Crippen molar-refractivity contribution in [1.29, 1.82) is 0 Å². The van der Waals surface area contributed by atoms with Gasteiger partial charge in [-0.05, 0) is 6.42 Å². The van der Waals surface area contributed by atoms with E-state index in [2.05, 4.69) is 6.07 Å². The quantitative estimate of drug-likeness (QED) is 0.379. The molecule has 0 atom stereocenters. The van der Waals surface area contributed by atoms with Crippen LogP contribution in [0.3, 0.4) is 0 Å². The molecule has 0 heterocycles. The summed E-state index contributed by atoms with van der Waals surface area (Å²) in [7, 11) is 0. The van der Waals surface area contributed by atoms with Gasteiger partial charge in [-0.15, -0.1) is 5.56 Å². The van der Waals surface area contributed by atoms with Gasteiger partial charge in [0.25, 0.3) is 0 Å². The van der Waals surface area contributed by atoms with Crippen molar-refractivity contribution in [2.24, 2.45) is 0 Å². The second-order valence-corrected chi connectivity index (χ2v) is 2.51. The Morgan fingerprint density at radius 1 is 1.43 bits per heavy atom. The molecule has 4 heteroatoms. The molecule has 0 unspecified atom stereocenters. The molecule has 0 radical (unpaired) electrons. The van der Waals surface area contributed by atoms with Crippen molar-refractivity contribution in [3.63, 3.8) is 0 Å². The van der Waals surface area contributed by atoms with Crippen LogP contribution in [0.5, 0.6) is 0 Å². The summed E-state index contributed by atoms with van der Waals surface area (Å²) in [6, 6.07) is 10.5. The normalized spacial score (nSPS) is 8.64. The van der Waals surface area contributed by atoms with E-state index in [4.69, 9.17) is 4.74 Å². The number of halogens is 2. The van der Waals surface area contributed by atoms with Crippen molar-refractivity contribution in [1.82, 2.24) is 0 Å². The molecule has 0 saturated carbocycles. The zero-order chi connectivity index (χ0) is 8.65. The molecule has 0 aliphatic heterocycles. The number of ether oxygens (including phenoxy) is 1. The first-order chi connectivity index (χ1) is 5.93. The number of hydrogen-bond acceptors (Lipinski definition) is 1. The molecular formula is C10H12BrFMgO. The largest absolute Gasteiger partial charge is 2.00 e. The molecule has 0 aromatic heterocycles. The average Bonchev–Trinajstić information content (AvgIpc) is 2.14. The Bertz CT molecular complexity index is 209. The van der Waals surface area contributed by atoms with Crippen LogP contribution < -0.4 is 17.0 Å². The minimum Gasteiger partial charge on any atom is -1.00 e. The van der Waals surface area contributed by atoms with Crippen molar-refractivity contribution in [2.75, 3.05) is 13.3 Å². The molecule has 1 rings (SSSR count). The molecule has 0 amide bonds. The van der Waals surface area contributed by atoms with Gasteiger partial charge in [-0.25, -0.2) is 0 Å². The van der Waals surface area contributed by atoms with E-state index in [0.29, 0.717) is 19.6 Å². The van der Waals surface area contributed by atoms with Crippen LogP contribution in [0.4, 0.5) is 4.39 Å². The maximum atomic E-state index is 11.6. The van der Waals surface area contributed by atoms with Crippen molar-refractivity contribution < 1.29 is 26.1 Å². The maximum absolute atomic E-state index is 11.6. The number of rotatable bonds is 5. The van der Waals surface area contributed by atoms with Gasteiger partial charge in [-0.1, -0.05) is 0 Å². The van der Waals surface area contributed by atoms with E-state index in [1.54, 1.807) is 0 Å². The summed E-state index contributed by atoms with van der Waals surface area (Å²) in [5.41, 5.74) is 1.08. The molecule has 0 bridgehead atoms. The van der Waals surface area contributed by atoms with Gasteiger partial charge >= 0.3 is 23.1 Å². The van der Waals surface area contributed by atoms with Crippen molar-refractivity contribution in [3.8, 4) is 0 Å². The fraction of sp³-hybridized carbons (Fsp3) is 0.400. The van der Waals surface area contributed by atoms with Crippen LogP contribution in [-0.4, -0.2) is 36.3 Å². The number of hydrogen-bond donors (Lipinski definition) is 0. The standard InChI is InChI=1S/C10H12FO.BrH.Mg/c11-7-4-8-12-9-10-5-2-1-3-6-10;;/h1-2,5-6H,4,7-9H2;1H;/q-1;;+2/p-1. The molecule has 0 fully saturated rings. The minimum absolute atomic E-state index is 0. The van der Waals surface area contributed by atoms with E-state index >= 15 is 0 Å². The molecule has 0 spiro atoms. The summed E-state index contributed by atoms with van der Waals surface area (Å²) in [5, 5.41) is 0. The second kappa shape index (κ2) is 11.4. The molecule has 0 aliphatic rings. The van der Waals surface area contributed by atoms with E-state index in [-0.39, 0.29) is 46.7 Å². The third kappa shape index (κ3) is 7.73. The first-order valence-electron chi connectivity index (χ1n) is 4.02. The first kappa shape index (κ1) is 16.8. The number of benzene rings is 1. The van der Waals surface area contributed by atoms with Crippen molar-refractivity contribution in [2.45, 2.75) is 13.0 Å². The zero-order valence-corrected chi connectivity index (χ0v) is 11.0. The van der Waals surface area contributed by atoms with Crippen molar-refractivity contribution in [3.05, 3.63) is 35.9 Å². The summed E-state index contributed by atoms with van der Waals surface area (Å²) in [5.74, 6) is 0. The van der Waals surface area contributed by atoms with Crippen LogP contribution >= 0.6 is 0 Å². The molecule has 1 aromatic carbocycles. The van der Waals surface area contributed by atoms with Gasteiger partial charge in [0.05, 0.1) is 6.67 Å². The van der Waals surface area contributed by atoms with Gasteiger partial charge in [0, 0.05) is 13.2 Å². The van der Waals surface area contributed by atoms with Gasteiger partial charge in [-0.3, -0.25) is 4.39 Å². The Kier molecular flexibility index (Phi) is 13.7. The van der Waals surface area contributed by atoms with E-state index in [1.807, 2.05) is 24.3 Å². The summed E-state index contributed by atoms with van der Waals surface area (Å²) in [4.78, 5) is 0. The van der Waals surface area contributed by atoms with Gasteiger partial charge in [-0.2, -0.15) is 30.3 Å². The summed E-state index contributed by atoms with van der Waals surface area (Å²) in [6.07, 6.45) is 0.483. The minimum atomic E-state index is -0.305. The zero-order valence-electron chi connectivity index (χ0n) is 8.01. The Balaban J connectivity index is 0. The molecule has 14 heavy (non-hydrogen) atoms. The molecule has 0 N–H and O–H groups in total. The molecule has 1 aromatic rings. The van der Waals surface area contributed by atoms with E-state index in [0.717, 1.165) is 5.56 Å². The SMILES string of the molecule is FCCCOCc1c[c-]ccc1.[Br-].[Mg+2]. The van der Waals surface area contributed by atoms with Crippen LogP contribution in [0.2, 0.25) is 0 Å². The fourth-order valence-corrected chi connectivity index (χ4v) is 0.867. The Morgan fingerprint density at radius 2 is 2.21 bits per heavy atom. The van der Waals surface area contributed by atoms with Crippen molar-refractivity contribution >= 4 is 23.1 Å². The van der Waals surface area contributed by atoms with Gasteiger partial charge in [0.15, 0.2) is 0 Å². The van der Waals surface area contributed by atoms with E-state index in [9.17, 15) is 4.39 Å². The smallest absolute Gasteiger partial charge is 1.00 e. The molecular weight excluding hydrogens is 259 g/mol. The molecule has 74 valence electrons. The van der Waals surface area contributed by atoms with Crippen LogP contribution in [0.1, 0.15) is 12.0 Å². The molecule has 0 saturated heterocycles. The van der Waals surface area contributed by atoms with Gasteiger partial charge in [0.1, 0.15) is 0 Å². The first-order valence-corrected chi connectivity index (χ1v) is 4.02. The topological polar surface area (TPSA) is 9.23 Å². The summed E-state index contributed by atoms with van der Waals surface area (Å²) >= 11 is 0. The van der Waals surface area contributed by atoms with Gasteiger partial charge < -0.3 is 21.7 Å². The van der Waals surface area contributed by atoms with Gasteiger partial charge in [0.2, 0.25) is 0 Å². The number of alkyl halides is 1. The van der Waals surface area contributed by atoms with Crippen LogP contribution in [0, 0.1) is 6.07 Å². The third-order valence-corrected chi connectivity index (χ3v) is 1.46. The second-order valence-electron chi connectivity index (χ2n) is 2.51. The summed E-state index contributed by atoms with van der Waals surface area (Å²) in [6.45, 7) is 0.740. The predicted molar refractivity (Wildman–Crippen MR) is 51.3 cm³/mol. The Hall–Kier alpha value is 0.356. The van der Waals surface area contributed by atoms with Crippen LogP contribution in [0.25, 0.3) is 0 Å². The summed E-state index contributed by atoms with van der Waals surface area (Å²) < 4.78 is 16.8. The molecule has 1 nitrogen and oxygen atoms in total. The monoisotopic (exact) mass is 270 g/mol. The van der Waals surface area contributed by atoms with E-state index < -0.39 is 0 Å². The average molecular weight is 271 g/mol. The third-order valence-electron chi connectivity index (χ3n) is 1.46. The van der Waals surface area contributed by atoms with Crippen LogP contribution in [-0.2, 0) is 11.3 Å².